The molecule has 1 saturated heterocycles. The lowest BCUT2D eigenvalue weighted by Gasteiger charge is -2.23. The van der Waals surface area contributed by atoms with Gasteiger partial charge in [0.1, 0.15) is 0 Å². The summed E-state index contributed by atoms with van der Waals surface area (Å²) >= 11 is 0. The Bertz CT molecular complexity index is 383. The lowest BCUT2D eigenvalue weighted by atomic mass is 10.1. The molecule has 1 aromatic carbocycles. The number of amides is 1. The van der Waals surface area contributed by atoms with Crippen LogP contribution in [0.5, 0.6) is 0 Å². The molecule has 1 atom stereocenters. The second kappa shape index (κ2) is 6.52. The van der Waals surface area contributed by atoms with E-state index in [1.54, 1.807) is 0 Å². The maximum atomic E-state index is 11.8. The van der Waals surface area contributed by atoms with Crippen molar-refractivity contribution in [3.8, 4) is 0 Å². The predicted molar refractivity (Wildman–Crippen MR) is 71.7 cm³/mol. The van der Waals surface area contributed by atoms with E-state index in [1.165, 1.54) is 5.56 Å². The van der Waals surface area contributed by atoms with Crippen LogP contribution < -0.4 is 10.6 Å². The van der Waals surface area contributed by atoms with E-state index in [0.29, 0.717) is 13.0 Å². The highest BCUT2D eigenvalue weighted by Gasteiger charge is 2.17. The molecule has 2 rings (SSSR count). The molecule has 0 bridgehead atoms. The molecule has 18 heavy (non-hydrogen) atoms. The van der Waals surface area contributed by atoms with Gasteiger partial charge in [-0.05, 0) is 24.1 Å². The fourth-order valence-electron chi connectivity index (χ4n) is 1.99. The van der Waals surface area contributed by atoms with E-state index in [0.717, 1.165) is 25.2 Å². The summed E-state index contributed by atoms with van der Waals surface area (Å²) < 4.78 is 5.50. The fourth-order valence-corrected chi connectivity index (χ4v) is 1.99. The second-order valence-electron chi connectivity index (χ2n) is 4.50. The molecular formula is C14H20N2O2. The highest BCUT2D eigenvalue weighted by Crippen LogP contribution is 2.11. The molecule has 4 heteroatoms. The molecule has 0 spiro atoms. The Kier molecular flexibility index (Phi) is 4.73. The van der Waals surface area contributed by atoms with Gasteiger partial charge in [-0.15, -0.1) is 0 Å². The van der Waals surface area contributed by atoms with Gasteiger partial charge in [-0.2, -0.15) is 0 Å². The first-order valence-corrected chi connectivity index (χ1v) is 6.49. The second-order valence-corrected chi connectivity index (χ2v) is 4.50. The number of carbonyl (C=O) groups is 1. The summed E-state index contributed by atoms with van der Waals surface area (Å²) in [5, 5.41) is 6.11. The van der Waals surface area contributed by atoms with Crippen LogP contribution in [0.3, 0.4) is 0 Å². The molecule has 0 aliphatic carbocycles. The van der Waals surface area contributed by atoms with Crippen molar-refractivity contribution in [3.05, 3.63) is 29.8 Å². The van der Waals surface area contributed by atoms with E-state index >= 15 is 0 Å². The van der Waals surface area contributed by atoms with Gasteiger partial charge >= 0.3 is 0 Å². The zero-order valence-electron chi connectivity index (χ0n) is 10.7. The standard InChI is InChI=1S/C14H20N2O2/c1-2-11-3-5-12(6-4-11)16-14(17)9-13-10-15-7-8-18-13/h3-6,13,15H,2,7-10H2,1H3,(H,16,17). The highest BCUT2D eigenvalue weighted by atomic mass is 16.5. The SMILES string of the molecule is CCc1ccc(NC(=O)CC2CNCCO2)cc1. The van der Waals surface area contributed by atoms with Crippen LogP contribution in [0, 0.1) is 0 Å². The van der Waals surface area contributed by atoms with Crippen LogP contribution in [0.2, 0.25) is 0 Å². The summed E-state index contributed by atoms with van der Waals surface area (Å²) in [4.78, 5) is 11.8. The molecule has 0 radical (unpaired) electrons. The number of aryl methyl sites for hydroxylation is 1. The van der Waals surface area contributed by atoms with Crippen LogP contribution in [-0.2, 0) is 16.0 Å². The van der Waals surface area contributed by atoms with Gasteiger partial charge in [-0.1, -0.05) is 19.1 Å². The maximum absolute atomic E-state index is 11.8. The first-order valence-electron chi connectivity index (χ1n) is 6.49. The van der Waals surface area contributed by atoms with Gasteiger partial charge in [0.05, 0.1) is 19.1 Å². The van der Waals surface area contributed by atoms with E-state index in [-0.39, 0.29) is 12.0 Å². The zero-order chi connectivity index (χ0) is 12.8. The lowest BCUT2D eigenvalue weighted by molar-refractivity contribution is -0.119. The fraction of sp³-hybridized carbons (Fsp3) is 0.500. The largest absolute Gasteiger partial charge is 0.375 e. The Balaban J connectivity index is 1.82. The summed E-state index contributed by atoms with van der Waals surface area (Å²) in [7, 11) is 0. The molecule has 0 saturated carbocycles. The minimum atomic E-state index is -0.00587. The van der Waals surface area contributed by atoms with Gasteiger partial charge in [0.2, 0.25) is 5.91 Å². The molecule has 1 aliphatic rings. The van der Waals surface area contributed by atoms with Crippen molar-refractivity contribution in [3.63, 3.8) is 0 Å². The molecule has 98 valence electrons. The van der Waals surface area contributed by atoms with Crippen molar-refractivity contribution in [2.75, 3.05) is 25.0 Å². The monoisotopic (exact) mass is 248 g/mol. The zero-order valence-corrected chi connectivity index (χ0v) is 10.7. The predicted octanol–water partition coefficient (Wildman–Crippen LogP) is 1.57. The molecule has 1 aromatic rings. The lowest BCUT2D eigenvalue weighted by Crippen LogP contribution is -2.40. The summed E-state index contributed by atoms with van der Waals surface area (Å²) in [6, 6.07) is 7.95. The number of carbonyl (C=O) groups excluding carboxylic acids is 1. The number of ether oxygens (including phenoxy) is 1. The van der Waals surface area contributed by atoms with Crippen molar-refractivity contribution in [2.24, 2.45) is 0 Å². The van der Waals surface area contributed by atoms with Gasteiger partial charge in [0, 0.05) is 18.8 Å². The first-order chi connectivity index (χ1) is 8.78. The van der Waals surface area contributed by atoms with Crippen molar-refractivity contribution >= 4 is 11.6 Å². The van der Waals surface area contributed by atoms with E-state index in [4.69, 9.17) is 4.74 Å². The highest BCUT2D eigenvalue weighted by molar-refractivity contribution is 5.91. The van der Waals surface area contributed by atoms with Crippen molar-refractivity contribution < 1.29 is 9.53 Å². The normalized spacial score (nSPS) is 19.5. The van der Waals surface area contributed by atoms with Gasteiger partial charge in [0.25, 0.3) is 0 Å². The van der Waals surface area contributed by atoms with Gasteiger partial charge in [-0.25, -0.2) is 0 Å². The molecule has 1 aliphatic heterocycles. The van der Waals surface area contributed by atoms with Crippen LogP contribution in [0.15, 0.2) is 24.3 Å². The number of benzene rings is 1. The van der Waals surface area contributed by atoms with Gasteiger partial charge in [0.15, 0.2) is 0 Å². The van der Waals surface area contributed by atoms with Crippen LogP contribution in [-0.4, -0.2) is 31.7 Å². The first kappa shape index (κ1) is 13.1. The summed E-state index contributed by atoms with van der Waals surface area (Å²) in [6.07, 6.45) is 1.41. The Morgan fingerprint density at radius 1 is 1.44 bits per heavy atom. The molecular weight excluding hydrogens is 228 g/mol. The Hall–Kier alpha value is -1.39. The number of anilines is 1. The third-order valence-electron chi connectivity index (χ3n) is 3.06. The minimum absolute atomic E-state index is 0.00587. The van der Waals surface area contributed by atoms with E-state index in [2.05, 4.69) is 17.6 Å². The number of hydrogen-bond acceptors (Lipinski definition) is 3. The van der Waals surface area contributed by atoms with Crippen LogP contribution in [0.4, 0.5) is 5.69 Å². The molecule has 1 fully saturated rings. The molecule has 0 aromatic heterocycles. The number of hydrogen-bond donors (Lipinski definition) is 2. The molecule has 4 nitrogen and oxygen atoms in total. The summed E-state index contributed by atoms with van der Waals surface area (Å²) in [5.41, 5.74) is 2.12. The van der Waals surface area contributed by atoms with Gasteiger partial charge < -0.3 is 15.4 Å². The Morgan fingerprint density at radius 3 is 2.83 bits per heavy atom. The third-order valence-corrected chi connectivity index (χ3v) is 3.06. The van der Waals surface area contributed by atoms with Crippen molar-refractivity contribution in [1.82, 2.24) is 5.32 Å². The third kappa shape index (κ3) is 3.82. The molecule has 1 heterocycles. The minimum Gasteiger partial charge on any atom is -0.375 e. The maximum Gasteiger partial charge on any atom is 0.227 e. The van der Waals surface area contributed by atoms with E-state index < -0.39 is 0 Å². The van der Waals surface area contributed by atoms with Crippen molar-refractivity contribution in [1.29, 1.82) is 0 Å². The Labute approximate surface area is 108 Å². The average molecular weight is 248 g/mol. The number of nitrogens with one attached hydrogen (secondary N) is 2. The van der Waals surface area contributed by atoms with E-state index in [9.17, 15) is 4.79 Å². The van der Waals surface area contributed by atoms with Crippen LogP contribution in [0.1, 0.15) is 18.9 Å². The molecule has 2 N–H and O–H groups in total. The quantitative estimate of drug-likeness (QED) is 0.850. The summed E-state index contributed by atoms with van der Waals surface area (Å²) in [6.45, 7) is 4.42. The van der Waals surface area contributed by atoms with E-state index in [1.807, 2.05) is 24.3 Å². The summed E-state index contributed by atoms with van der Waals surface area (Å²) in [5.74, 6) is 0.00736. The topological polar surface area (TPSA) is 50.4 Å². The number of rotatable bonds is 4. The number of morpholine rings is 1. The molecule has 1 amide bonds. The Morgan fingerprint density at radius 2 is 2.22 bits per heavy atom. The van der Waals surface area contributed by atoms with Crippen LogP contribution >= 0.6 is 0 Å². The van der Waals surface area contributed by atoms with Crippen molar-refractivity contribution in [2.45, 2.75) is 25.9 Å². The smallest absolute Gasteiger partial charge is 0.227 e. The van der Waals surface area contributed by atoms with Gasteiger partial charge in [-0.3, -0.25) is 4.79 Å². The average Bonchev–Trinajstić information content (AvgIpc) is 2.40. The van der Waals surface area contributed by atoms with Crippen LogP contribution in [0.25, 0.3) is 0 Å². The molecule has 1 unspecified atom stereocenters.